The van der Waals surface area contributed by atoms with E-state index in [0.717, 1.165) is 0 Å². The summed E-state index contributed by atoms with van der Waals surface area (Å²) >= 11 is 0. The lowest BCUT2D eigenvalue weighted by Gasteiger charge is -2.20. The molecule has 4 heteroatoms. The van der Waals surface area contributed by atoms with Crippen molar-refractivity contribution in [3.05, 3.63) is 33.9 Å². The van der Waals surface area contributed by atoms with Crippen LogP contribution in [0, 0.1) is 27.7 Å². The number of aryl methyl sites for hydroxylation is 2. The average molecular weight is 263 g/mol. The number of carbonyl (C=O) groups excluding carboxylic acids is 1. The van der Waals surface area contributed by atoms with E-state index in [9.17, 15) is 4.79 Å². The predicted molar refractivity (Wildman–Crippen MR) is 78.9 cm³/mol. The fraction of sp³-hybridized carbons (Fsp3) is 0.533. The molecule has 0 bridgehead atoms. The summed E-state index contributed by atoms with van der Waals surface area (Å²) in [6, 6.07) is 1.65. The lowest BCUT2D eigenvalue weighted by molar-refractivity contribution is -0.126. The van der Waals surface area contributed by atoms with Gasteiger partial charge in [-0.3, -0.25) is 10.2 Å². The van der Waals surface area contributed by atoms with E-state index in [1.807, 2.05) is 0 Å². The molecule has 0 saturated carbocycles. The molecule has 1 amide bonds. The van der Waals surface area contributed by atoms with E-state index in [0.29, 0.717) is 6.42 Å². The Morgan fingerprint density at radius 1 is 1.21 bits per heavy atom. The third kappa shape index (κ3) is 3.78. The second kappa shape index (κ2) is 6.17. The molecule has 1 rings (SSSR count). The molecule has 0 heterocycles. The van der Waals surface area contributed by atoms with Crippen molar-refractivity contribution in [1.29, 1.82) is 0 Å². The third-order valence-electron chi connectivity index (χ3n) is 3.62. The van der Waals surface area contributed by atoms with Gasteiger partial charge < -0.3 is 5.73 Å². The zero-order chi connectivity index (χ0) is 14.7. The van der Waals surface area contributed by atoms with Crippen LogP contribution in [-0.4, -0.2) is 31.1 Å². The second-order valence-corrected chi connectivity index (χ2v) is 5.42. The van der Waals surface area contributed by atoms with Gasteiger partial charge in [-0.15, -0.1) is 0 Å². The number of nitrogens with zero attached hydrogens (tertiary/aromatic N) is 1. The first-order chi connectivity index (χ1) is 8.73. The van der Waals surface area contributed by atoms with Crippen LogP contribution >= 0.6 is 0 Å². The molecular weight excluding hydrogens is 238 g/mol. The Kier molecular flexibility index (Phi) is 5.09. The van der Waals surface area contributed by atoms with Gasteiger partial charge in [0.1, 0.15) is 0 Å². The summed E-state index contributed by atoms with van der Waals surface area (Å²) in [7, 11) is 3.55. The molecular formula is C15H25N3O. The largest absolute Gasteiger partial charge is 0.320 e. The van der Waals surface area contributed by atoms with E-state index in [1.165, 1.54) is 27.8 Å². The fourth-order valence-corrected chi connectivity index (χ4v) is 2.22. The highest BCUT2D eigenvalue weighted by Crippen LogP contribution is 2.22. The van der Waals surface area contributed by atoms with Crippen LogP contribution in [0.25, 0.3) is 0 Å². The molecule has 1 unspecified atom stereocenters. The maximum Gasteiger partial charge on any atom is 0.251 e. The number of nitrogens with one attached hydrogen (secondary N) is 1. The minimum atomic E-state index is -0.527. The van der Waals surface area contributed by atoms with Crippen LogP contribution in [0.2, 0.25) is 0 Å². The maximum atomic E-state index is 11.9. The smallest absolute Gasteiger partial charge is 0.251 e. The molecule has 0 fully saturated rings. The van der Waals surface area contributed by atoms with Crippen LogP contribution in [0.1, 0.15) is 27.8 Å². The van der Waals surface area contributed by atoms with Crippen LogP contribution in [0.15, 0.2) is 6.07 Å². The molecule has 0 saturated heterocycles. The van der Waals surface area contributed by atoms with Crippen molar-refractivity contribution in [3.63, 3.8) is 0 Å². The third-order valence-corrected chi connectivity index (χ3v) is 3.62. The van der Waals surface area contributed by atoms with Crippen LogP contribution < -0.4 is 11.2 Å². The lowest BCUT2D eigenvalue weighted by atomic mass is 9.90. The van der Waals surface area contributed by atoms with E-state index >= 15 is 0 Å². The van der Waals surface area contributed by atoms with E-state index < -0.39 is 6.04 Å². The Bertz CT molecular complexity index is 455. The van der Waals surface area contributed by atoms with Crippen LogP contribution in [-0.2, 0) is 11.2 Å². The number of hydrogen-bond donors (Lipinski definition) is 2. The molecule has 1 aromatic rings. The number of nitrogens with two attached hydrogens (primary N) is 1. The molecule has 106 valence electrons. The number of amides is 1. The Labute approximate surface area is 115 Å². The number of carbonyl (C=O) groups is 1. The molecule has 0 aliphatic carbocycles. The Morgan fingerprint density at radius 2 is 1.68 bits per heavy atom. The monoisotopic (exact) mass is 263 g/mol. The first kappa shape index (κ1) is 15.7. The summed E-state index contributed by atoms with van der Waals surface area (Å²) in [5, 5.41) is 1.61. The molecule has 19 heavy (non-hydrogen) atoms. The van der Waals surface area contributed by atoms with Crippen molar-refractivity contribution < 1.29 is 4.79 Å². The summed E-state index contributed by atoms with van der Waals surface area (Å²) in [6.07, 6.45) is 0.569. The van der Waals surface area contributed by atoms with Gasteiger partial charge in [0, 0.05) is 14.1 Å². The van der Waals surface area contributed by atoms with Gasteiger partial charge in [-0.05, 0) is 61.9 Å². The molecule has 3 N–H and O–H groups in total. The van der Waals surface area contributed by atoms with Crippen LogP contribution in [0.4, 0.5) is 0 Å². The van der Waals surface area contributed by atoms with Gasteiger partial charge in [0.15, 0.2) is 0 Å². The average Bonchev–Trinajstić information content (AvgIpc) is 2.31. The highest BCUT2D eigenvalue weighted by molar-refractivity contribution is 5.81. The van der Waals surface area contributed by atoms with E-state index in [4.69, 9.17) is 5.73 Å². The quantitative estimate of drug-likeness (QED) is 0.807. The van der Waals surface area contributed by atoms with Crippen molar-refractivity contribution in [1.82, 2.24) is 10.4 Å². The molecule has 0 aliphatic rings. The van der Waals surface area contributed by atoms with Gasteiger partial charge in [0.05, 0.1) is 6.04 Å². The molecule has 1 atom stereocenters. The maximum absolute atomic E-state index is 11.9. The topological polar surface area (TPSA) is 58.4 Å². The molecule has 0 radical (unpaired) electrons. The number of hydrazine groups is 1. The van der Waals surface area contributed by atoms with Gasteiger partial charge in [-0.2, -0.15) is 0 Å². The first-order valence-corrected chi connectivity index (χ1v) is 6.53. The standard InChI is InChI=1S/C15H25N3O/c1-9-7-10(2)12(4)13(11(9)3)8-14(16)15(19)17-18(5)6/h7,14H,8,16H2,1-6H3,(H,17,19). The van der Waals surface area contributed by atoms with Crippen LogP contribution in [0.3, 0.4) is 0 Å². The first-order valence-electron chi connectivity index (χ1n) is 6.53. The Balaban J connectivity index is 2.97. The predicted octanol–water partition coefficient (Wildman–Crippen LogP) is 1.38. The second-order valence-electron chi connectivity index (χ2n) is 5.42. The van der Waals surface area contributed by atoms with E-state index in [-0.39, 0.29) is 5.91 Å². The number of benzene rings is 1. The van der Waals surface area contributed by atoms with Crippen molar-refractivity contribution in [2.45, 2.75) is 40.2 Å². The summed E-state index contributed by atoms with van der Waals surface area (Å²) in [6.45, 7) is 8.37. The SMILES string of the molecule is Cc1cc(C)c(C)c(CC(N)C(=O)NN(C)C)c1C. The summed E-state index contributed by atoms with van der Waals surface area (Å²) in [5.74, 6) is -0.150. The fourth-order valence-electron chi connectivity index (χ4n) is 2.22. The van der Waals surface area contributed by atoms with Gasteiger partial charge >= 0.3 is 0 Å². The highest BCUT2D eigenvalue weighted by atomic mass is 16.2. The summed E-state index contributed by atoms with van der Waals surface area (Å²) < 4.78 is 0. The number of rotatable bonds is 4. The molecule has 0 aromatic heterocycles. The molecule has 0 aliphatic heterocycles. The van der Waals surface area contributed by atoms with Crippen molar-refractivity contribution in [3.8, 4) is 0 Å². The minimum absolute atomic E-state index is 0.150. The van der Waals surface area contributed by atoms with E-state index in [1.54, 1.807) is 19.1 Å². The van der Waals surface area contributed by atoms with E-state index in [2.05, 4.69) is 39.2 Å². The normalized spacial score (nSPS) is 12.6. The zero-order valence-electron chi connectivity index (χ0n) is 12.8. The van der Waals surface area contributed by atoms with Gasteiger partial charge in [0.2, 0.25) is 0 Å². The molecule has 0 spiro atoms. The Hall–Kier alpha value is -1.39. The number of hydrogen-bond acceptors (Lipinski definition) is 3. The Morgan fingerprint density at radius 3 is 2.11 bits per heavy atom. The molecule has 4 nitrogen and oxygen atoms in total. The summed E-state index contributed by atoms with van der Waals surface area (Å²) in [4.78, 5) is 11.9. The minimum Gasteiger partial charge on any atom is -0.320 e. The van der Waals surface area contributed by atoms with Crippen molar-refractivity contribution >= 4 is 5.91 Å². The van der Waals surface area contributed by atoms with Crippen molar-refractivity contribution in [2.75, 3.05) is 14.1 Å². The highest BCUT2D eigenvalue weighted by Gasteiger charge is 2.18. The molecule has 1 aromatic carbocycles. The van der Waals surface area contributed by atoms with Crippen LogP contribution in [0.5, 0.6) is 0 Å². The van der Waals surface area contributed by atoms with Gasteiger partial charge in [0.25, 0.3) is 5.91 Å². The van der Waals surface area contributed by atoms with Crippen molar-refractivity contribution in [2.24, 2.45) is 5.73 Å². The summed E-state index contributed by atoms with van der Waals surface area (Å²) in [5.41, 5.74) is 14.9. The zero-order valence-corrected chi connectivity index (χ0v) is 12.8. The lowest BCUT2D eigenvalue weighted by Crippen LogP contribution is -2.47. The van der Waals surface area contributed by atoms with Gasteiger partial charge in [-0.25, -0.2) is 5.01 Å². The van der Waals surface area contributed by atoms with Gasteiger partial charge in [-0.1, -0.05) is 6.07 Å².